The van der Waals surface area contributed by atoms with Gasteiger partial charge in [0.25, 0.3) is 0 Å². The van der Waals surface area contributed by atoms with E-state index in [1.807, 2.05) is 13.0 Å². The molecule has 0 aliphatic carbocycles. The zero-order valence-electron chi connectivity index (χ0n) is 11.9. The molecule has 21 heavy (non-hydrogen) atoms. The van der Waals surface area contributed by atoms with Crippen molar-refractivity contribution < 1.29 is 4.79 Å². The van der Waals surface area contributed by atoms with Crippen molar-refractivity contribution in [2.75, 3.05) is 11.1 Å². The molecule has 2 aromatic rings. The van der Waals surface area contributed by atoms with Gasteiger partial charge in [0.15, 0.2) is 0 Å². The van der Waals surface area contributed by atoms with Crippen LogP contribution in [0.3, 0.4) is 0 Å². The van der Waals surface area contributed by atoms with Gasteiger partial charge in [-0.05, 0) is 37.1 Å². The van der Waals surface area contributed by atoms with Crippen molar-refractivity contribution in [2.45, 2.75) is 26.3 Å². The van der Waals surface area contributed by atoms with Crippen molar-refractivity contribution in [1.82, 2.24) is 9.55 Å². The van der Waals surface area contributed by atoms with Gasteiger partial charge in [0.2, 0.25) is 5.91 Å². The Bertz CT molecular complexity index is 694. The molecule has 0 spiro atoms. The summed E-state index contributed by atoms with van der Waals surface area (Å²) >= 11 is 0. The Hall–Kier alpha value is -2.63. The molecule has 0 saturated heterocycles. The minimum atomic E-state index is -0.301. The fourth-order valence-corrected chi connectivity index (χ4v) is 1.97. The second kappa shape index (κ2) is 6.69. The second-order valence-electron chi connectivity index (χ2n) is 4.77. The van der Waals surface area contributed by atoms with E-state index in [1.165, 1.54) is 10.8 Å². The summed E-state index contributed by atoms with van der Waals surface area (Å²) in [5.41, 5.74) is 7.72. The summed E-state index contributed by atoms with van der Waals surface area (Å²) in [5.74, 6) is -0.0966. The van der Waals surface area contributed by atoms with Crippen molar-refractivity contribution in [3.05, 3.63) is 52.7 Å². The Morgan fingerprint density at radius 1 is 1.38 bits per heavy atom. The minimum absolute atomic E-state index is 0.0966. The molecule has 1 aromatic heterocycles. The molecule has 0 aliphatic rings. The first kappa shape index (κ1) is 14.8. The van der Waals surface area contributed by atoms with Crippen LogP contribution in [0, 0.1) is 6.92 Å². The third-order valence-electron chi connectivity index (χ3n) is 3.24. The largest absolute Gasteiger partial charge is 0.398 e. The molecule has 6 nitrogen and oxygen atoms in total. The topological polar surface area (TPSA) is 90.0 Å². The van der Waals surface area contributed by atoms with Crippen LogP contribution in [-0.4, -0.2) is 15.5 Å². The first-order valence-electron chi connectivity index (χ1n) is 6.74. The smallest absolute Gasteiger partial charge is 0.347 e. The number of anilines is 2. The molecule has 0 radical (unpaired) electrons. The van der Waals surface area contributed by atoms with E-state index in [0.717, 1.165) is 11.3 Å². The summed E-state index contributed by atoms with van der Waals surface area (Å²) in [4.78, 5) is 27.0. The monoisotopic (exact) mass is 286 g/mol. The molecule has 0 aliphatic heterocycles. The van der Waals surface area contributed by atoms with Gasteiger partial charge in [-0.3, -0.25) is 9.36 Å². The minimum Gasteiger partial charge on any atom is -0.398 e. The molecular weight excluding hydrogens is 268 g/mol. The van der Waals surface area contributed by atoms with E-state index in [-0.39, 0.29) is 11.6 Å². The van der Waals surface area contributed by atoms with Gasteiger partial charge < -0.3 is 11.1 Å². The number of aryl methyl sites for hydroxylation is 1. The Kier molecular flexibility index (Phi) is 4.71. The number of rotatable bonds is 5. The lowest BCUT2D eigenvalue weighted by Crippen LogP contribution is -2.22. The highest BCUT2D eigenvalue weighted by Crippen LogP contribution is 2.20. The van der Waals surface area contributed by atoms with Crippen LogP contribution >= 0.6 is 0 Å². The maximum Gasteiger partial charge on any atom is 0.347 e. The fraction of sp³-hybridized carbons (Fsp3) is 0.267. The Morgan fingerprint density at radius 2 is 2.19 bits per heavy atom. The van der Waals surface area contributed by atoms with Crippen molar-refractivity contribution in [3.8, 4) is 0 Å². The highest BCUT2D eigenvalue weighted by atomic mass is 16.2. The average molecular weight is 286 g/mol. The summed E-state index contributed by atoms with van der Waals surface area (Å²) in [6, 6.07) is 7.10. The van der Waals surface area contributed by atoms with Gasteiger partial charge >= 0.3 is 5.69 Å². The van der Waals surface area contributed by atoms with E-state index in [2.05, 4.69) is 10.3 Å². The van der Waals surface area contributed by atoms with E-state index >= 15 is 0 Å². The van der Waals surface area contributed by atoms with Crippen LogP contribution in [-0.2, 0) is 11.3 Å². The number of nitrogens with zero attached hydrogens (tertiary/aromatic N) is 2. The third kappa shape index (κ3) is 3.92. The SMILES string of the molecule is Cc1c(N)cccc1NC(=O)CCCn1cccnc1=O. The Balaban J connectivity index is 1.87. The number of nitrogens with one attached hydrogen (secondary N) is 1. The summed E-state index contributed by atoms with van der Waals surface area (Å²) in [5, 5.41) is 2.83. The van der Waals surface area contributed by atoms with Gasteiger partial charge in [0, 0.05) is 36.7 Å². The van der Waals surface area contributed by atoms with Gasteiger partial charge in [-0.15, -0.1) is 0 Å². The van der Waals surface area contributed by atoms with Gasteiger partial charge in [0.1, 0.15) is 0 Å². The van der Waals surface area contributed by atoms with Crippen LogP contribution in [0.5, 0.6) is 0 Å². The number of amides is 1. The first-order valence-corrected chi connectivity index (χ1v) is 6.74. The number of carbonyl (C=O) groups is 1. The van der Waals surface area contributed by atoms with E-state index in [1.54, 1.807) is 24.4 Å². The van der Waals surface area contributed by atoms with Crippen LogP contribution in [0.25, 0.3) is 0 Å². The molecule has 3 N–H and O–H groups in total. The maximum absolute atomic E-state index is 11.9. The summed E-state index contributed by atoms with van der Waals surface area (Å²) < 4.78 is 1.49. The Morgan fingerprint density at radius 3 is 2.95 bits per heavy atom. The number of nitrogen functional groups attached to an aromatic ring is 1. The highest BCUT2D eigenvalue weighted by molar-refractivity contribution is 5.92. The predicted molar refractivity (Wildman–Crippen MR) is 82.0 cm³/mol. The first-order chi connectivity index (χ1) is 10.1. The van der Waals surface area contributed by atoms with E-state index in [0.29, 0.717) is 25.1 Å². The van der Waals surface area contributed by atoms with Crippen molar-refractivity contribution in [1.29, 1.82) is 0 Å². The van der Waals surface area contributed by atoms with Crippen molar-refractivity contribution in [2.24, 2.45) is 0 Å². The van der Waals surface area contributed by atoms with Gasteiger partial charge in [-0.25, -0.2) is 9.78 Å². The molecular formula is C15H18N4O2. The number of benzene rings is 1. The normalized spacial score (nSPS) is 10.3. The zero-order valence-corrected chi connectivity index (χ0v) is 11.9. The fourth-order valence-electron chi connectivity index (χ4n) is 1.97. The lowest BCUT2D eigenvalue weighted by molar-refractivity contribution is -0.116. The quantitative estimate of drug-likeness (QED) is 0.816. The third-order valence-corrected chi connectivity index (χ3v) is 3.24. The second-order valence-corrected chi connectivity index (χ2v) is 4.77. The lowest BCUT2D eigenvalue weighted by Gasteiger charge is -2.10. The highest BCUT2D eigenvalue weighted by Gasteiger charge is 2.06. The molecule has 1 aromatic carbocycles. The maximum atomic E-state index is 11.9. The number of hydrogen-bond donors (Lipinski definition) is 2. The van der Waals surface area contributed by atoms with E-state index in [4.69, 9.17) is 5.73 Å². The number of aromatic nitrogens is 2. The van der Waals surface area contributed by atoms with Crippen molar-refractivity contribution >= 4 is 17.3 Å². The molecule has 1 heterocycles. The Labute approximate surface area is 122 Å². The van der Waals surface area contributed by atoms with E-state index < -0.39 is 0 Å². The number of carbonyl (C=O) groups excluding carboxylic acids is 1. The molecule has 6 heteroatoms. The van der Waals surface area contributed by atoms with Crippen LogP contribution in [0.1, 0.15) is 18.4 Å². The number of hydrogen-bond acceptors (Lipinski definition) is 4. The molecule has 0 fully saturated rings. The van der Waals surface area contributed by atoms with Crippen LogP contribution < -0.4 is 16.7 Å². The van der Waals surface area contributed by atoms with Crippen molar-refractivity contribution in [3.63, 3.8) is 0 Å². The molecule has 2 rings (SSSR count). The molecule has 0 saturated carbocycles. The van der Waals surface area contributed by atoms with Gasteiger partial charge in [-0.2, -0.15) is 0 Å². The summed E-state index contributed by atoms with van der Waals surface area (Å²) in [7, 11) is 0. The lowest BCUT2D eigenvalue weighted by atomic mass is 10.1. The van der Waals surface area contributed by atoms with Crippen LogP contribution in [0.2, 0.25) is 0 Å². The van der Waals surface area contributed by atoms with Gasteiger partial charge in [-0.1, -0.05) is 6.07 Å². The summed E-state index contributed by atoms with van der Waals surface area (Å²) in [6.45, 7) is 2.33. The molecule has 1 amide bonds. The average Bonchev–Trinajstić information content (AvgIpc) is 2.46. The van der Waals surface area contributed by atoms with Crippen LogP contribution in [0.4, 0.5) is 11.4 Å². The standard InChI is InChI=1S/C15H18N4O2/c1-11-12(16)5-2-6-13(11)18-14(20)7-3-9-19-10-4-8-17-15(19)21/h2,4-6,8,10H,3,7,9,16H2,1H3,(H,18,20). The molecule has 0 bridgehead atoms. The zero-order chi connectivity index (χ0) is 15.2. The summed E-state index contributed by atoms with van der Waals surface area (Å²) in [6.07, 6.45) is 4.01. The van der Waals surface area contributed by atoms with E-state index in [9.17, 15) is 9.59 Å². The molecule has 0 unspecified atom stereocenters. The molecule has 0 atom stereocenters. The van der Waals surface area contributed by atoms with Gasteiger partial charge in [0.05, 0.1) is 0 Å². The number of nitrogens with two attached hydrogens (primary N) is 1. The molecule has 110 valence electrons. The predicted octanol–water partition coefficient (Wildman–Crippen LogP) is 1.55. The van der Waals surface area contributed by atoms with Crippen LogP contribution in [0.15, 0.2) is 41.5 Å².